The lowest BCUT2D eigenvalue weighted by Gasteiger charge is -2.35. The molecule has 0 bridgehead atoms. The Kier molecular flexibility index (Phi) is 5.42. The number of rotatable bonds is 3. The molecule has 3 aliphatic heterocycles. The van der Waals surface area contributed by atoms with Crippen LogP contribution in [0.15, 0.2) is 23.1 Å². The van der Waals surface area contributed by atoms with Crippen LogP contribution in [0, 0.1) is 5.92 Å². The second kappa shape index (κ2) is 7.83. The van der Waals surface area contributed by atoms with E-state index in [1.54, 1.807) is 18.2 Å². The van der Waals surface area contributed by atoms with Gasteiger partial charge in [-0.15, -0.1) is 0 Å². The maximum absolute atomic E-state index is 13.1. The highest BCUT2D eigenvalue weighted by molar-refractivity contribution is 7.89. The van der Waals surface area contributed by atoms with E-state index in [0.717, 1.165) is 31.5 Å². The van der Waals surface area contributed by atoms with Gasteiger partial charge >= 0.3 is 0 Å². The summed E-state index contributed by atoms with van der Waals surface area (Å²) in [5.74, 6) is 0.0908. The number of fused-ring (bicyclic) bond motifs is 1. The molecule has 28 heavy (non-hydrogen) atoms. The van der Waals surface area contributed by atoms with E-state index in [1.807, 2.05) is 4.90 Å². The molecule has 7 nitrogen and oxygen atoms in total. The highest BCUT2D eigenvalue weighted by Gasteiger charge is 2.34. The van der Waals surface area contributed by atoms with Gasteiger partial charge in [-0.05, 0) is 62.3 Å². The summed E-state index contributed by atoms with van der Waals surface area (Å²) in [6.07, 6.45) is 5.41. The van der Waals surface area contributed by atoms with Gasteiger partial charge in [-0.25, -0.2) is 8.42 Å². The van der Waals surface area contributed by atoms with Gasteiger partial charge in [-0.2, -0.15) is 4.31 Å². The third-order valence-electron chi connectivity index (χ3n) is 6.08. The quantitative estimate of drug-likeness (QED) is 0.833. The second-order valence-corrected chi connectivity index (χ2v) is 9.87. The number of amides is 2. The van der Waals surface area contributed by atoms with Crippen molar-refractivity contribution in [1.29, 1.82) is 0 Å². The average molecular weight is 406 g/mol. The number of anilines is 1. The SMILES string of the molecule is O=C1CCc2cc(S(=O)(=O)N3CCC(C(=O)N4CCCCC4)CC3)ccc2N1. The van der Waals surface area contributed by atoms with Crippen LogP contribution in [0.3, 0.4) is 0 Å². The van der Waals surface area contributed by atoms with E-state index in [0.29, 0.717) is 44.5 Å². The van der Waals surface area contributed by atoms with E-state index in [-0.39, 0.29) is 22.6 Å². The number of likely N-dealkylation sites (tertiary alicyclic amines) is 1. The third-order valence-corrected chi connectivity index (χ3v) is 7.98. The van der Waals surface area contributed by atoms with E-state index < -0.39 is 10.0 Å². The van der Waals surface area contributed by atoms with Crippen LogP contribution in [0.2, 0.25) is 0 Å². The first-order chi connectivity index (χ1) is 13.4. The van der Waals surface area contributed by atoms with Gasteiger partial charge in [-0.1, -0.05) is 0 Å². The van der Waals surface area contributed by atoms with Crippen molar-refractivity contribution >= 4 is 27.5 Å². The fourth-order valence-electron chi connectivity index (χ4n) is 4.38. The molecule has 0 unspecified atom stereocenters. The predicted molar refractivity (Wildman–Crippen MR) is 105 cm³/mol. The fourth-order valence-corrected chi connectivity index (χ4v) is 5.91. The molecular weight excluding hydrogens is 378 g/mol. The molecule has 2 saturated heterocycles. The van der Waals surface area contributed by atoms with Crippen LogP contribution in [0.5, 0.6) is 0 Å². The van der Waals surface area contributed by atoms with Gasteiger partial charge in [0.1, 0.15) is 0 Å². The Morgan fingerprint density at radius 3 is 2.43 bits per heavy atom. The zero-order valence-corrected chi connectivity index (χ0v) is 16.8. The van der Waals surface area contributed by atoms with Crippen molar-refractivity contribution in [1.82, 2.24) is 9.21 Å². The number of carbonyl (C=O) groups excluding carboxylic acids is 2. The first-order valence-electron chi connectivity index (χ1n) is 10.2. The van der Waals surface area contributed by atoms with Gasteiger partial charge in [0.2, 0.25) is 21.8 Å². The maximum atomic E-state index is 13.1. The molecule has 1 aromatic rings. The van der Waals surface area contributed by atoms with Crippen LogP contribution in [-0.2, 0) is 26.0 Å². The van der Waals surface area contributed by atoms with E-state index in [9.17, 15) is 18.0 Å². The molecular formula is C20H27N3O4S. The first kappa shape index (κ1) is 19.4. The number of aryl methyl sites for hydroxylation is 1. The van der Waals surface area contributed by atoms with Crippen LogP contribution >= 0.6 is 0 Å². The van der Waals surface area contributed by atoms with E-state index in [4.69, 9.17) is 0 Å². The maximum Gasteiger partial charge on any atom is 0.243 e. The molecule has 1 aromatic carbocycles. The molecule has 0 atom stereocenters. The minimum Gasteiger partial charge on any atom is -0.342 e. The van der Waals surface area contributed by atoms with Crippen LogP contribution in [0.25, 0.3) is 0 Å². The van der Waals surface area contributed by atoms with E-state index in [1.165, 1.54) is 10.7 Å². The highest BCUT2D eigenvalue weighted by atomic mass is 32.2. The average Bonchev–Trinajstić information content (AvgIpc) is 2.73. The van der Waals surface area contributed by atoms with Crippen LogP contribution in [-0.4, -0.2) is 55.6 Å². The standard InChI is InChI=1S/C20H27N3O4S/c24-19-7-4-16-14-17(5-6-18(16)21-19)28(26,27)23-12-8-15(9-13-23)20(25)22-10-2-1-3-11-22/h5-6,14-15H,1-4,7-13H2,(H,21,24). The molecule has 0 saturated carbocycles. The molecule has 2 fully saturated rings. The number of nitrogens with zero attached hydrogens (tertiary/aromatic N) is 2. The lowest BCUT2D eigenvalue weighted by atomic mass is 9.95. The number of hydrogen-bond donors (Lipinski definition) is 1. The summed E-state index contributed by atoms with van der Waals surface area (Å²) < 4.78 is 27.6. The highest BCUT2D eigenvalue weighted by Crippen LogP contribution is 2.29. The Hall–Kier alpha value is -1.93. The molecule has 4 rings (SSSR count). The van der Waals surface area contributed by atoms with Crippen molar-refractivity contribution in [3.8, 4) is 0 Å². The summed E-state index contributed by atoms with van der Waals surface area (Å²) in [7, 11) is -3.59. The van der Waals surface area contributed by atoms with Crippen molar-refractivity contribution < 1.29 is 18.0 Å². The Morgan fingerprint density at radius 1 is 1.00 bits per heavy atom. The van der Waals surface area contributed by atoms with Crippen LogP contribution in [0.1, 0.15) is 44.1 Å². The summed E-state index contributed by atoms with van der Waals surface area (Å²) in [4.78, 5) is 26.4. The Bertz CT molecular complexity index is 869. The molecule has 3 heterocycles. The van der Waals surface area contributed by atoms with E-state index >= 15 is 0 Å². The van der Waals surface area contributed by atoms with E-state index in [2.05, 4.69) is 5.32 Å². The van der Waals surface area contributed by atoms with Crippen molar-refractivity contribution in [3.05, 3.63) is 23.8 Å². The van der Waals surface area contributed by atoms with Gasteiger partial charge in [0, 0.05) is 44.2 Å². The normalized spacial score (nSPS) is 21.9. The summed E-state index contributed by atoms with van der Waals surface area (Å²) in [5.41, 5.74) is 1.55. The fraction of sp³-hybridized carbons (Fsp3) is 0.600. The molecule has 8 heteroatoms. The Morgan fingerprint density at radius 2 is 1.71 bits per heavy atom. The first-order valence-corrected chi connectivity index (χ1v) is 11.6. The molecule has 0 aliphatic carbocycles. The number of sulfonamides is 1. The molecule has 0 spiro atoms. The summed E-state index contributed by atoms with van der Waals surface area (Å²) in [5, 5.41) is 2.78. The van der Waals surface area contributed by atoms with Gasteiger partial charge in [0.15, 0.2) is 0 Å². The minimum atomic E-state index is -3.59. The Labute approximate surface area is 166 Å². The molecule has 0 aromatic heterocycles. The molecule has 0 radical (unpaired) electrons. The number of hydrogen-bond acceptors (Lipinski definition) is 4. The van der Waals surface area contributed by atoms with Crippen molar-refractivity contribution in [2.75, 3.05) is 31.5 Å². The topological polar surface area (TPSA) is 86.8 Å². The summed E-state index contributed by atoms with van der Waals surface area (Å²) in [6.45, 7) is 2.42. The van der Waals surface area contributed by atoms with Crippen molar-refractivity contribution in [2.24, 2.45) is 5.92 Å². The smallest absolute Gasteiger partial charge is 0.243 e. The zero-order chi connectivity index (χ0) is 19.7. The summed E-state index contributed by atoms with van der Waals surface area (Å²) in [6, 6.07) is 4.91. The van der Waals surface area contributed by atoms with Gasteiger partial charge < -0.3 is 10.2 Å². The van der Waals surface area contributed by atoms with Crippen molar-refractivity contribution in [2.45, 2.75) is 49.8 Å². The second-order valence-electron chi connectivity index (χ2n) is 7.93. The summed E-state index contributed by atoms with van der Waals surface area (Å²) >= 11 is 0. The number of nitrogens with one attached hydrogen (secondary N) is 1. The molecule has 152 valence electrons. The molecule has 1 N–H and O–H groups in total. The van der Waals surface area contributed by atoms with Gasteiger partial charge in [-0.3, -0.25) is 9.59 Å². The van der Waals surface area contributed by atoms with Crippen molar-refractivity contribution in [3.63, 3.8) is 0 Å². The Balaban J connectivity index is 1.42. The predicted octanol–water partition coefficient (Wildman–Crippen LogP) is 1.98. The number of piperidine rings is 2. The molecule has 2 amide bonds. The third kappa shape index (κ3) is 3.80. The van der Waals surface area contributed by atoms with Gasteiger partial charge in [0.05, 0.1) is 4.90 Å². The lowest BCUT2D eigenvalue weighted by molar-refractivity contribution is -0.137. The molecule has 3 aliphatic rings. The lowest BCUT2D eigenvalue weighted by Crippen LogP contribution is -2.45. The van der Waals surface area contributed by atoms with Gasteiger partial charge in [0.25, 0.3) is 0 Å². The largest absolute Gasteiger partial charge is 0.342 e. The van der Waals surface area contributed by atoms with Crippen LogP contribution < -0.4 is 5.32 Å². The number of benzene rings is 1. The monoisotopic (exact) mass is 405 g/mol. The van der Waals surface area contributed by atoms with Crippen LogP contribution in [0.4, 0.5) is 5.69 Å². The number of carbonyl (C=O) groups is 2. The zero-order valence-electron chi connectivity index (χ0n) is 16.0. The minimum absolute atomic E-state index is 0.0384.